The second kappa shape index (κ2) is 8.68. The number of carbonyl (C=O) groups is 1. The van der Waals surface area contributed by atoms with E-state index in [9.17, 15) is 18.0 Å². The first kappa shape index (κ1) is 21.9. The number of rotatable bonds is 6. The molecule has 1 aliphatic rings. The van der Waals surface area contributed by atoms with Gasteiger partial charge in [0, 0.05) is 24.1 Å². The molecule has 3 aromatic rings. The van der Waals surface area contributed by atoms with E-state index < -0.39 is 11.7 Å². The van der Waals surface area contributed by atoms with Crippen molar-refractivity contribution in [2.24, 2.45) is 0 Å². The average Bonchev–Trinajstić information content (AvgIpc) is 3.32. The zero-order valence-electron chi connectivity index (χ0n) is 17.8. The van der Waals surface area contributed by atoms with Crippen molar-refractivity contribution in [3.05, 3.63) is 70.5 Å². The van der Waals surface area contributed by atoms with Crippen molar-refractivity contribution >= 4 is 5.91 Å². The van der Waals surface area contributed by atoms with Gasteiger partial charge in [0.15, 0.2) is 0 Å². The molecule has 1 aromatic heterocycles. The molecule has 5 nitrogen and oxygen atoms in total. The zero-order valence-corrected chi connectivity index (χ0v) is 17.8. The number of amides is 1. The van der Waals surface area contributed by atoms with E-state index in [-0.39, 0.29) is 24.1 Å². The van der Waals surface area contributed by atoms with Gasteiger partial charge in [-0.05, 0) is 43.0 Å². The average molecular weight is 443 g/mol. The number of aromatic amines is 1. The summed E-state index contributed by atoms with van der Waals surface area (Å²) in [4.78, 5) is 12.3. The number of carbonyl (C=O) groups excluding carboxylic acids is 1. The van der Waals surface area contributed by atoms with Gasteiger partial charge in [0.05, 0.1) is 17.8 Å². The van der Waals surface area contributed by atoms with E-state index in [1.807, 2.05) is 19.9 Å². The van der Waals surface area contributed by atoms with E-state index in [4.69, 9.17) is 4.74 Å². The van der Waals surface area contributed by atoms with Crippen molar-refractivity contribution in [1.82, 2.24) is 15.5 Å². The Morgan fingerprint density at radius 2 is 1.91 bits per heavy atom. The Labute approximate surface area is 184 Å². The molecule has 4 rings (SSSR count). The lowest BCUT2D eigenvalue weighted by Gasteiger charge is -2.16. The van der Waals surface area contributed by atoms with Crippen LogP contribution in [0.2, 0.25) is 0 Å². The largest absolute Gasteiger partial charge is 0.487 e. The third-order valence-corrected chi connectivity index (χ3v) is 5.76. The number of para-hydroxylation sites is 1. The van der Waals surface area contributed by atoms with Crippen LogP contribution in [-0.2, 0) is 23.8 Å². The van der Waals surface area contributed by atoms with E-state index >= 15 is 0 Å². The van der Waals surface area contributed by atoms with Crippen LogP contribution in [0.15, 0.2) is 42.5 Å². The molecule has 1 atom stereocenters. The molecule has 0 saturated heterocycles. The molecule has 1 amide bonds. The van der Waals surface area contributed by atoms with Crippen LogP contribution < -0.4 is 10.1 Å². The fraction of sp³-hybridized carbons (Fsp3) is 0.333. The van der Waals surface area contributed by atoms with E-state index in [1.54, 1.807) is 18.2 Å². The fourth-order valence-electron chi connectivity index (χ4n) is 4.13. The van der Waals surface area contributed by atoms with Crippen LogP contribution in [0.3, 0.4) is 0 Å². The van der Waals surface area contributed by atoms with E-state index in [0.29, 0.717) is 30.6 Å². The lowest BCUT2D eigenvalue weighted by atomic mass is 9.96. The maximum Gasteiger partial charge on any atom is 0.417 e. The number of aryl methyl sites for hydroxylation is 2. The van der Waals surface area contributed by atoms with Crippen LogP contribution in [0, 0.1) is 13.8 Å². The molecular weight excluding hydrogens is 419 g/mol. The SMILES string of the molecule is Cc1n[nH]c(C)c1CCC(=O)NCC1Cc2cccc(-c3ccccc3C(F)(F)F)c2O1. The summed E-state index contributed by atoms with van der Waals surface area (Å²) in [5, 5.41) is 9.92. The first-order valence-electron chi connectivity index (χ1n) is 10.5. The molecule has 0 bridgehead atoms. The molecule has 0 radical (unpaired) electrons. The molecule has 0 saturated carbocycles. The summed E-state index contributed by atoms with van der Waals surface area (Å²) in [6.45, 7) is 4.11. The lowest BCUT2D eigenvalue weighted by molar-refractivity contribution is -0.137. The highest BCUT2D eigenvalue weighted by molar-refractivity contribution is 5.77. The number of H-pyrrole nitrogens is 1. The molecule has 168 valence electrons. The van der Waals surface area contributed by atoms with Gasteiger partial charge in [-0.3, -0.25) is 9.89 Å². The molecule has 0 aliphatic carbocycles. The number of ether oxygens (including phenoxy) is 1. The molecule has 2 aromatic carbocycles. The molecule has 1 aliphatic heterocycles. The number of benzene rings is 2. The maximum atomic E-state index is 13.5. The highest BCUT2D eigenvalue weighted by atomic mass is 19.4. The normalized spacial score (nSPS) is 15.3. The van der Waals surface area contributed by atoms with Gasteiger partial charge in [0.1, 0.15) is 11.9 Å². The van der Waals surface area contributed by atoms with Gasteiger partial charge < -0.3 is 10.1 Å². The third-order valence-electron chi connectivity index (χ3n) is 5.76. The Morgan fingerprint density at radius 3 is 2.62 bits per heavy atom. The number of aromatic nitrogens is 2. The van der Waals surface area contributed by atoms with Gasteiger partial charge in [-0.15, -0.1) is 0 Å². The van der Waals surface area contributed by atoms with Crippen molar-refractivity contribution in [2.45, 2.75) is 45.4 Å². The Balaban J connectivity index is 1.42. The number of halogens is 3. The third kappa shape index (κ3) is 4.49. The van der Waals surface area contributed by atoms with Gasteiger partial charge in [-0.25, -0.2) is 0 Å². The molecule has 0 fully saturated rings. The summed E-state index contributed by atoms with van der Waals surface area (Å²) in [5.74, 6) is 0.347. The van der Waals surface area contributed by atoms with Crippen molar-refractivity contribution in [3.8, 4) is 16.9 Å². The molecule has 1 unspecified atom stereocenters. The molecule has 0 spiro atoms. The second-order valence-electron chi connectivity index (χ2n) is 8.00. The molecule has 2 N–H and O–H groups in total. The minimum absolute atomic E-state index is 0.0902. The summed E-state index contributed by atoms with van der Waals surface area (Å²) in [6.07, 6.45) is -3.35. The first-order chi connectivity index (χ1) is 15.2. The van der Waals surface area contributed by atoms with Crippen molar-refractivity contribution < 1.29 is 22.7 Å². The summed E-state index contributed by atoms with van der Waals surface area (Å²) in [6, 6.07) is 10.7. The predicted octanol–water partition coefficient (Wildman–Crippen LogP) is 4.76. The van der Waals surface area contributed by atoms with E-state index in [2.05, 4.69) is 15.5 Å². The van der Waals surface area contributed by atoms with Gasteiger partial charge in [0.25, 0.3) is 0 Å². The standard InChI is InChI=1S/C24H24F3N3O2/c1-14-18(15(2)30-29-14)10-11-22(31)28-13-17-12-16-6-5-8-20(23(16)32-17)19-7-3-4-9-21(19)24(25,26)27/h3-9,17H,10-13H2,1-2H3,(H,28,31)(H,29,30). The molecule has 2 heterocycles. The van der Waals surface area contributed by atoms with Gasteiger partial charge >= 0.3 is 6.18 Å². The fourth-order valence-corrected chi connectivity index (χ4v) is 4.13. The van der Waals surface area contributed by atoms with Crippen LogP contribution in [0.5, 0.6) is 5.75 Å². The quantitative estimate of drug-likeness (QED) is 0.577. The van der Waals surface area contributed by atoms with Crippen LogP contribution >= 0.6 is 0 Å². The Bertz CT molecular complexity index is 1120. The maximum absolute atomic E-state index is 13.5. The number of nitrogens with one attached hydrogen (secondary N) is 2. The number of alkyl halides is 3. The molecule has 8 heteroatoms. The highest BCUT2D eigenvalue weighted by Gasteiger charge is 2.35. The van der Waals surface area contributed by atoms with Gasteiger partial charge in [0.2, 0.25) is 5.91 Å². The number of hydrogen-bond donors (Lipinski definition) is 2. The van der Waals surface area contributed by atoms with E-state index in [0.717, 1.165) is 28.6 Å². The lowest BCUT2D eigenvalue weighted by Crippen LogP contribution is -2.34. The number of nitrogens with zero attached hydrogens (tertiary/aromatic N) is 1. The Kier molecular flexibility index (Phi) is 5.95. The summed E-state index contributed by atoms with van der Waals surface area (Å²) in [5.41, 5.74) is 3.52. The Morgan fingerprint density at radius 1 is 1.16 bits per heavy atom. The minimum Gasteiger partial charge on any atom is -0.487 e. The Hall–Kier alpha value is -3.29. The first-order valence-corrected chi connectivity index (χ1v) is 10.5. The summed E-state index contributed by atoms with van der Waals surface area (Å²) < 4.78 is 46.5. The summed E-state index contributed by atoms with van der Waals surface area (Å²) >= 11 is 0. The predicted molar refractivity (Wildman–Crippen MR) is 114 cm³/mol. The van der Waals surface area contributed by atoms with E-state index in [1.165, 1.54) is 12.1 Å². The minimum atomic E-state index is -4.46. The second-order valence-corrected chi connectivity index (χ2v) is 8.00. The molecular formula is C24H24F3N3O2. The van der Waals surface area contributed by atoms with Crippen molar-refractivity contribution in [2.75, 3.05) is 6.54 Å². The number of fused-ring (bicyclic) bond motifs is 1. The highest BCUT2D eigenvalue weighted by Crippen LogP contribution is 2.43. The monoisotopic (exact) mass is 443 g/mol. The van der Waals surface area contributed by atoms with Crippen molar-refractivity contribution in [1.29, 1.82) is 0 Å². The molecule has 32 heavy (non-hydrogen) atoms. The number of hydrogen-bond acceptors (Lipinski definition) is 3. The van der Waals surface area contributed by atoms with Crippen LogP contribution in [0.1, 0.15) is 34.5 Å². The van der Waals surface area contributed by atoms with Crippen molar-refractivity contribution in [3.63, 3.8) is 0 Å². The van der Waals surface area contributed by atoms with Crippen LogP contribution in [-0.4, -0.2) is 28.8 Å². The van der Waals surface area contributed by atoms with Gasteiger partial charge in [-0.2, -0.15) is 18.3 Å². The zero-order chi connectivity index (χ0) is 22.9. The smallest absolute Gasteiger partial charge is 0.417 e. The topological polar surface area (TPSA) is 67.0 Å². The van der Waals surface area contributed by atoms with Gasteiger partial charge in [-0.1, -0.05) is 36.4 Å². The van der Waals surface area contributed by atoms with Crippen LogP contribution in [0.25, 0.3) is 11.1 Å². The summed E-state index contributed by atoms with van der Waals surface area (Å²) in [7, 11) is 0. The van der Waals surface area contributed by atoms with Crippen LogP contribution in [0.4, 0.5) is 13.2 Å².